The Morgan fingerprint density at radius 2 is 1.70 bits per heavy atom. The van der Waals surface area contributed by atoms with E-state index in [1.165, 1.54) is 21.1 Å². The number of nitrogens with zero attached hydrogens (tertiary/aromatic N) is 3. The van der Waals surface area contributed by atoms with Gasteiger partial charge in [-0.3, -0.25) is 19.4 Å². The fraction of sp³-hybridized carbons (Fsp3) is 0.558. The van der Waals surface area contributed by atoms with Crippen molar-refractivity contribution in [3.8, 4) is 0 Å². The molecule has 10 rings (SSSR count). The lowest BCUT2D eigenvalue weighted by Crippen LogP contribution is -2.79. The maximum atomic E-state index is 15.7. The normalized spacial score (nSPS) is 38.4. The van der Waals surface area contributed by atoms with Crippen LogP contribution < -0.4 is 10.8 Å². The van der Waals surface area contributed by atoms with Crippen molar-refractivity contribution < 1.29 is 43.5 Å². The first-order chi connectivity index (χ1) is 31.7. The van der Waals surface area contributed by atoms with Gasteiger partial charge < -0.3 is 39.4 Å². The Labute approximate surface area is 389 Å². The highest BCUT2D eigenvalue weighted by atomic mass is 16.6. The number of esters is 3. The molecule has 66 heavy (non-hydrogen) atoms. The number of rotatable bonds is 9. The molecule has 12 atom stereocenters. The molecule has 0 aromatic heterocycles. The van der Waals surface area contributed by atoms with Crippen molar-refractivity contribution >= 4 is 47.6 Å². The maximum Gasteiger partial charge on any atom is 0.344 e. The second kappa shape index (κ2) is 16.2. The van der Waals surface area contributed by atoms with E-state index in [0.29, 0.717) is 65.4 Å². The number of carbonyl (C=O) groups is 3. The first kappa shape index (κ1) is 45.1. The summed E-state index contributed by atoms with van der Waals surface area (Å²) < 4.78 is 24.4. The topological polar surface area (TPSA) is 150 Å². The van der Waals surface area contributed by atoms with Crippen LogP contribution in [0, 0.1) is 28.1 Å². The number of fused-ring (bicyclic) bond motifs is 5. The summed E-state index contributed by atoms with van der Waals surface area (Å²) in [5, 5.41) is 29.2. The highest BCUT2D eigenvalue weighted by Gasteiger charge is 2.81. The molecule has 14 heteroatoms. The minimum absolute atomic E-state index is 0.0612. The fourth-order valence-corrected chi connectivity index (χ4v) is 15.1. The van der Waals surface area contributed by atoms with Crippen molar-refractivity contribution in [2.24, 2.45) is 28.1 Å². The molecule has 350 valence electrons. The number of likely N-dealkylation sites (N-methyl/N-ethyl adjacent to an activating group) is 1. The molecule has 0 amide bonds. The summed E-state index contributed by atoms with van der Waals surface area (Å²) in [5.74, 6) is -2.45. The number of hydrogen-bond acceptors (Lipinski definition) is 13. The van der Waals surface area contributed by atoms with Gasteiger partial charge in [-0.05, 0) is 98.0 Å². The molecule has 1 saturated carbocycles. The van der Waals surface area contributed by atoms with Crippen molar-refractivity contribution in [1.82, 2.24) is 14.7 Å². The zero-order valence-corrected chi connectivity index (χ0v) is 39.5. The van der Waals surface area contributed by atoms with E-state index in [0.717, 1.165) is 57.8 Å². The van der Waals surface area contributed by atoms with Crippen LogP contribution in [0.2, 0.25) is 0 Å². The molecule has 2 aliphatic carbocycles. The maximum absolute atomic E-state index is 15.7. The van der Waals surface area contributed by atoms with Gasteiger partial charge in [0.25, 0.3) is 0 Å². The number of nitrogens with one attached hydrogen (secondary N) is 1. The first-order valence-electron chi connectivity index (χ1n) is 24.0. The number of aliphatic hydroxyl groups is 2. The van der Waals surface area contributed by atoms with E-state index in [1.807, 2.05) is 56.1 Å². The highest BCUT2D eigenvalue weighted by molar-refractivity contribution is 6.67. The molecule has 6 heterocycles. The van der Waals surface area contributed by atoms with Crippen molar-refractivity contribution in [3.63, 3.8) is 0 Å². The van der Waals surface area contributed by atoms with E-state index >= 15 is 4.79 Å². The summed E-state index contributed by atoms with van der Waals surface area (Å²) in [6.07, 6.45) is 9.90. The van der Waals surface area contributed by atoms with Crippen LogP contribution in [0.4, 0.5) is 11.4 Å². The average molecular weight is 901 g/mol. The zero-order valence-electron chi connectivity index (χ0n) is 39.5. The molecule has 3 saturated heterocycles. The lowest BCUT2D eigenvalue weighted by Gasteiger charge is -2.63. The van der Waals surface area contributed by atoms with Gasteiger partial charge in [0.05, 0.1) is 37.4 Å². The van der Waals surface area contributed by atoms with Gasteiger partial charge in [0.2, 0.25) is 5.60 Å². The molecule has 13 nitrogen and oxygen atoms in total. The number of carbonyl (C=O) groups excluding carboxylic acids is 3. The first-order valence-corrected chi connectivity index (χ1v) is 24.0. The van der Waals surface area contributed by atoms with Gasteiger partial charge in [0, 0.05) is 87.1 Å². The Morgan fingerprint density at radius 3 is 2.39 bits per heavy atom. The third-order valence-electron chi connectivity index (χ3n) is 17.5. The number of piperidine rings is 1. The lowest BCUT2D eigenvalue weighted by atomic mass is 9.46. The summed E-state index contributed by atoms with van der Waals surface area (Å²) in [5.41, 5.74) is 1.75. The molecule has 1 spiro atoms. The predicted molar refractivity (Wildman–Crippen MR) is 252 cm³/mol. The molecule has 0 radical (unpaired) electrons. The summed E-state index contributed by atoms with van der Waals surface area (Å²) in [6, 6.07) is 15.4. The third kappa shape index (κ3) is 6.26. The number of likely N-dealkylation sites (tertiary alicyclic amines) is 1. The van der Waals surface area contributed by atoms with Gasteiger partial charge >= 0.3 is 17.9 Å². The Balaban J connectivity index is 1.21. The number of methoxy groups -OCH3 is 3. The molecule has 2 aromatic rings. The van der Waals surface area contributed by atoms with E-state index in [9.17, 15) is 19.8 Å². The van der Waals surface area contributed by atoms with Gasteiger partial charge in [0.15, 0.2) is 13.4 Å². The predicted octanol–water partition coefficient (Wildman–Crippen LogP) is 4.28. The number of allylic oxidation sites excluding steroid dienone is 1. The molecular formula is C52H65BN4O9. The average Bonchev–Trinajstić information content (AvgIpc) is 3.98. The number of ether oxygens (including phenoxy) is 4. The quantitative estimate of drug-likeness (QED) is 0.143. The Bertz CT molecular complexity index is 2460. The van der Waals surface area contributed by atoms with E-state index in [-0.39, 0.29) is 17.9 Å². The second-order valence-corrected chi connectivity index (χ2v) is 20.5. The van der Waals surface area contributed by atoms with Crippen LogP contribution in [0.1, 0.15) is 64.9 Å². The minimum Gasteiger partial charge on any atom is -0.468 e. The van der Waals surface area contributed by atoms with Gasteiger partial charge in [-0.2, -0.15) is 0 Å². The van der Waals surface area contributed by atoms with Gasteiger partial charge in [-0.25, -0.2) is 4.79 Å². The van der Waals surface area contributed by atoms with Crippen LogP contribution in [0.5, 0.6) is 0 Å². The molecule has 2 bridgehead atoms. The summed E-state index contributed by atoms with van der Waals surface area (Å²) in [6.45, 7) is 8.75. The van der Waals surface area contributed by atoms with E-state index < -0.39 is 63.6 Å². The van der Waals surface area contributed by atoms with Crippen LogP contribution in [0.25, 0.3) is 5.57 Å². The van der Waals surface area contributed by atoms with E-state index in [2.05, 4.69) is 57.6 Å². The third-order valence-corrected chi connectivity index (χ3v) is 17.5. The summed E-state index contributed by atoms with van der Waals surface area (Å²) in [7, 11) is 6.88. The van der Waals surface area contributed by atoms with E-state index in [1.54, 1.807) is 7.11 Å². The molecule has 4 fully saturated rings. The van der Waals surface area contributed by atoms with Crippen LogP contribution in [-0.2, 0) is 33.3 Å². The van der Waals surface area contributed by atoms with Gasteiger partial charge in [0.1, 0.15) is 0 Å². The number of anilines is 2. The van der Waals surface area contributed by atoms with Crippen molar-refractivity contribution in [2.45, 2.75) is 94.8 Å². The molecule has 3 unspecified atom stereocenters. The number of hydrogen-bond donors (Lipinski definition) is 3. The highest BCUT2D eigenvalue weighted by Crippen LogP contribution is 2.70. The van der Waals surface area contributed by atoms with Crippen molar-refractivity contribution in [2.75, 3.05) is 66.4 Å². The summed E-state index contributed by atoms with van der Waals surface area (Å²) >= 11 is 0. The van der Waals surface area contributed by atoms with E-state index in [4.69, 9.17) is 18.9 Å². The summed E-state index contributed by atoms with van der Waals surface area (Å²) in [4.78, 5) is 50.2. The standard InChI is InChI=1S/C52H65BN4O9/c1-8-48(61)27-32-28-51(46(59)64-6,42-35(18-22-56(29-32)30-48)36-24-34(16-17-39(36)53-42)54-33-14-11-10-12-15-33)38-25-37-40(26-41(38)63-5)55(4)44-50(37)20-23-57-21-13-19-49(9-2,43(50)57)45(66-31(3)58)52(44,62)47(60)65-7/h10-17,19,24-26,32,38,41,43-45,53-54,61-62H,8-9,18,20-23,27-30H2,1-7H3/t32-,38?,41?,43+,44-,45-,48+,49-,50-,51+,52+/m1/s1. The number of benzene rings is 2. The van der Waals surface area contributed by atoms with Crippen molar-refractivity contribution in [3.05, 3.63) is 95.1 Å². The van der Waals surface area contributed by atoms with Crippen LogP contribution in [-0.4, -0.2) is 147 Å². The van der Waals surface area contributed by atoms with Crippen LogP contribution >= 0.6 is 0 Å². The largest absolute Gasteiger partial charge is 0.468 e. The van der Waals surface area contributed by atoms with Gasteiger partial charge in [-0.1, -0.05) is 67.3 Å². The Kier molecular flexibility index (Phi) is 11.1. The molecular weight excluding hydrogens is 835 g/mol. The minimum atomic E-state index is -2.29. The molecule has 8 aliphatic rings. The molecule has 3 N–H and O–H groups in total. The van der Waals surface area contributed by atoms with Crippen LogP contribution in [0.15, 0.2) is 89.6 Å². The number of para-hydroxylation sites is 1. The van der Waals surface area contributed by atoms with Gasteiger partial charge in [-0.15, -0.1) is 0 Å². The SMILES string of the molecule is CC[C@]1(O)C[C@H]2CN(CCC3=C(Bc4ccc(Nc5ccccc5)cc43)[C@@](C(=O)OC)(C3C=C4C(=CC3OC)N(C)[C@H]3[C@@](O)(C(=O)OC)[C@H](OC(C)=O)[C@]5(CC)C=CCN6CC[C@]43[C@@H]65)C2)C1. The lowest BCUT2D eigenvalue weighted by molar-refractivity contribution is -0.243. The second-order valence-electron chi connectivity index (χ2n) is 20.5. The van der Waals surface area contributed by atoms with Crippen molar-refractivity contribution in [1.29, 1.82) is 0 Å². The fourth-order valence-electron chi connectivity index (χ4n) is 15.1. The zero-order chi connectivity index (χ0) is 46.6. The Morgan fingerprint density at radius 1 is 0.924 bits per heavy atom. The Hall–Kier alpha value is -4.73. The van der Waals surface area contributed by atoms with Crippen LogP contribution in [0.3, 0.4) is 0 Å². The molecule has 2 aromatic carbocycles. The molecule has 6 aliphatic heterocycles. The monoisotopic (exact) mass is 900 g/mol. The smallest absolute Gasteiger partial charge is 0.344 e.